The molecule has 0 saturated carbocycles. The Balaban J connectivity index is 2.50. The van der Waals surface area contributed by atoms with Crippen molar-refractivity contribution in [3.8, 4) is 11.8 Å². The Hall–Kier alpha value is -2.15. The number of ketones is 1. The van der Waals surface area contributed by atoms with Gasteiger partial charge in [0.15, 0.2) is 0 Å². The van der Waals surface area contributed by atoms with Gasteiger partial charge in [0.2, 0.25) is 23.4 Å². The van der Waals surface area contributed by atoms with Crippen molar-refractivity contribution in [1.82, 2.24) is 9.97 Å². The van der Waals surface area contributed by atoms with E-state index >= 15 is 0 Å². The van der Waals surface area contributed by atoms with Crippen LogP contribution in [-0.4, -0.2) is 30.0 Å². The molecule has 2 N–H and O–H groups in total. The molecule has 0 bridgehead atoms. The van der Waals surface area contributed by atoms with E-state index in [1.54, 1.807) is 18.2 Å². The summed E-state index contributed by atoms with van der Waals surface area (Å²) < 4.78 is 10.7. The van der Waals surface area contributed by atoms with E-state index in [1.165, 1.54) is 20.3 Å². The molecule has 0 atom stereocenters. The molecule has 2 rings (SSSR count). The van der Waals surface area contributed by atoms with Crippen molar-refractivity contribution in [3.63, 3.8) is 0 Å². The van der Waals surface area contributed by atoms with Crippen LogP contribution >= 0.6 is 15.9 Å². The maximum absolute atomic E-state index is 12.4. The highest BCUT2D eigenvalue weighted by atomic mass is 79.9. The maximum atomic E-state index is 12.4. The standard InChI is InChI=1S/C13H12BrN3O3/c1-19-9-6-10(20-2)17-13(16-9)12(18)7-4-3-5-8(14)11(7)15/h3-6H,15H2,1-2H3. The number of para-hydroxylation sites is 1. The number of hydrogen-bond donors (Lipinski definition) is 1. The number of nitrogens with zero attached hydrogens (tertiary/aromatic N) is 2. The smallest absolute Gasteiger partial charge is 0.232 e. The van der Waals surface area contributed by atoms with E-state index in [0.717, 1.165) is 0 Å². The van der Waals surface area contributed by atoms with Gasteiger partial charge in [-0.15, -0.1) is 0 Å². The number of carbonyl (C=O) groups is 1. The molecule has 104 valence electrons. The molecule has 0 amide bonds. The lowest BCUT2D eigenvalue weighted by molar-refractivity contribution is 0.102. The van der Waals surface area contributed by atoms with Crippen LogP contribution in [0.3, 0.4) is 0 Å². The first kappa shape index (κ1) is 14.3. The second-order valence-electron chi connectivity index (χ2n) is 3.81. The minimum absolute atomic E-state index is 0.0361. The van der Waals surface area contributed by atoms with Crippen LogP contribution in [0.15, 0.2) is 28.7 Å². The van der Waals surface area contributed by atoms with Gasteiger partial charge in [-0.05, 0) is 28.1 Å². The maximum Gasteiger partial charge on any atom is 0.232 e. The van der Waals surface area contributed by atoms with Crippen LogP contribution in [0.25, 0.3) is 0 Å². The molecule has 0 unspecified atom stereocenters. The Morgan fingerprint density at radius 2 is 1.80 bits per heavy atom. The molecule has 0 aliphatic rings. The van der Waals surface area contributed by atoms with Gasteiger partial charge < -0.3 is 15.2 Å². The van der Waals surface area contributed by atoms with Crippen LogP contribution < -0.4 is 15.2 Å². The third-order valence-corrected chi connectivity index (χ3v) is 3.29. The molecule has 0 spiro atoms. The molecule has 0 aliphatic carbocycles. The van der Waals surface area contributed by atoms with Crippen LogP contribution in [0.1, 0.15) is 16.2 Å². The van der Waals surface area contributed by atoms with Crippen LogP contribution in [0.4, 0.5) is 5.69 Å². The van der Waals surface area contributed by atoms with E-state index in [1.807, 2.05) is 0 Å². The highest BCUT2D eigenvalue weighted by Crippen LogP contribution is 2.25. The first-order valence-electron chi connectivity index (χ1n) is 5.62. The van der Waals surface area contributed by atoms with Crippen LogP contribution in [0, 0.1) is 0 Å². The summed E-state index contributed by atoms with van der Waals surface area (Å²) in [6.45, 7) is 0. The zero-order valence-electron chi connectivity index (χ0n) is 10.9. The quantitative estimate of drug-likeness (QED) is 0.678. The summed E-state index contributed by atoms with van der Waals surface area (Å²) in [5.74, 6) is 0.0505. The third-order valence-electron chi connectivity index (χ3n) is 2.60. The summed E-state index contributed by atoms with van der Waals surface area (Å²) in [7, 11) is 2.90. The summed E-state index contributed by atoms with van der Waals surface area (Å²) in [6, 6.07) is 6.56. The van der Waals surface area contributed by atoms with Crippen molar-refractivity contribution in [1.29, 1.82) is 0 Å². The van der Waals surface area contributed by atoms with Gasteiger partial charge in [-0.1, -0.05) is 6.07 Å². The molecule has 1 aromatic carbocycles. The molecule has 7 heteroatoms. The average molecular weight is 338 g/mol. The van der Waals surface area contributed by atoms with Crippen molar-refractivity contribution >= 4 is 27.4 Å². The van der Waals surface area contributed by atoms with Crippen molar-refractivity contribution < 1.29 is 14.3 Å². The Morgan fingerprint density at radius 3 is 2.35 bits per heavy atom. The summed E-state index contributed by atoms with van der Waals surface area (Å²) in [5, 5.41) is 0. The monoisotopic (exact) mass is 337 g/mol. The van der Waals surface area contributed by atoms with Crippen LogP contribution in [-0.2, 0) is 0 Å². The van der Waals surface area contributed by atoms with E-state index < -0.39 is 5.78 Å². The molecule has 6 nitrogen and oxygen atoms in total. The average Bonchev–Trinajstić information content (AvgIpc) is 2.48. The van der Waals surface area contributed by atoms with Gasteiger partial charge >= 0.3 is 0 Å². The summed E-state index contributed by atoms with van der Waals surface area (Å²) >= 11 is 3.28. The second-order valence-corrected chi connectivity index (χ2v) is 4.66. The van der Waals surface area contributed by atoms with Crippen molar-refractivity contribution in [2.24, 2.45) is 0 Å². The number of benzene rings is 1. The number of halogens is 1. The predicted molar refractivity (Wildman–Crippen MR) is 77.1 cm³/mol. The lowest BCUT2D eigenvalue weighted by Crippen LogP contribution is -2.11. The number of hydrogen-bond acceptors (Lipinski definition) is 6. The number of nitrogens with two attached hydrogens (primary N) is 1. The van der Waals surface area contributed by atoms with Crippen LogP contribution in [0.2, 0.25) is 0 Å². The first-order valence-corrected chi connectivity index (χ1v) is 6.42. The topological polar surface area (TPSA) is 87.3 Å². The molecule has 0 saturated heterocycles. The fraction of sp³-hybridized carbons (Fsp3) is 0.154. The van der Waals surface area contributed by atoms with E-state index in [9.17, 15) is 4.79 Å². The van der Waals surface area contributed by atoms with Crippen molar-refractivity contribution in [2.45, 2.75) is 0 Å². The van der Waals surface area contributed by atoms with Gasteiger partial charge in [-0.2, -0.15) is 9.97 Å². The number of methoxy groups -OCH3 is 2. The lowest BCUT2D eigenvalue weighted by Gasteiger charge is -2.08. The molecule has 2 aromatic rings. The molecular weight excluding hydrogens is 326 g/mol. The largest absolute Gasteiger partial charge is 0.481 e. The fourth-order valence-electron chi connectivity index (χ4n) is 1.57. The number of nitrogen functional groups attached to an aromatic ring is 1. The number of ether oxygens (including phenoxy) is 2. The van der Waals surface area contributed by atoms with Gasteiger partial charge in [0, 0.05) is 10.0 Å². The summed E-state index contributed by atoms with van der Waals surface area (Å²) in [4.78, 5) is 20.4. The molecule has 20 heavy (non-hydrogen) atoms. The van der Waals surface area contributed by atoms with E-state index in [4.69, 9.17) is 15.2 Å². The molecule has 0 radical (unpaired) electrons. The van der Waals surface area contributed by atoms with Gasteiger partial charge in [0.05, 0.1) is 26.0 Å². The molecule has 1 heterocycles. The fourth-order valence-corrected chi connectivity index (χ4v) is 1.94. The molecule has 0 fully saturated rings. The van der Waals surface area contributed by atoms with Gasteiger partial charge in [0.25, 0.3) is 0 Å². The lowest BCUT2D eigenvalue weighted by atomic mass is 10.1. The highest BCUT2D eigenvalue weighted by Gasteiger charge is 2.18. The normalized spacial score (nSPS) is 10.2. The number of carbonyl (C=O) groups excluding carboxylic acids is 1. The number of anilines is 1. The van der Waals surface area contributed by atoms with Gasteiger partial charge in [0.1, 0.15) is 0 Å². The molecular formula is C13H12BrN3O3. The first-order chi connectivity index (χ1) is 9.56. The Bertz CT molecular complexity index is 639. The summed E-state index contributed by atoms with van der Waals surface area (Å²) in [5.41, 5.74) is 6.53. The van der Waals surface area contributed by atoms with Gasteiger partial charge in [-0.3, -0.25) is 4.79 Å². The van der Waals surface area contributed by atoms with E-state index in [0.29, 0.717) is 15.7 Å². The Kier molecular flexibility index (Phi) is 4.19. The van der Waals surface area contributed by atoms with Crippen molar-refractivity contribution in [2.75, 3.05) is 20.0 Å². The minimum atomic E-state index is -0.402. The zero-order chi connectivity index (χ0) is 14.7. The summed E-state index contributed by atoms with van der Waals surface area (Å²) in [6.07, 6.45) is 0. The number of aromatic nitrogens is 2. The van der Waals surface area contributed by atoms with E-state index in [-0.39, 0.29) is 17.6 Å². The van der Waals surface area contributed by atoms with Gasteiger partial charge in [-0.25, -0.2) is 0 Å². The van der Waals surface area contributed by atoms with Crippen molar-refractivity contribution in [3.05, 3.63) is 40.1 Å². The highest BCUT2D eigenvalue weighted by molar-refractivity contribution is 9.10. The Labute approximate surface area is 124 Å². The third kappa shape index (κ3) is 2.72. The number of rotatable bonds is 4. The Morgan fingerprint density at radius 1 is 1.20 bits per heavy atom. The minimum Gasteiger partial charge on any atom is -0.481 e. The van der Waals surface area contributed by atoms with E-state index in [2.05, 4.69) is 25.9 Å². The van der Waals surface area contributed by atoms with Crippen LogP contribution in [0.5, 0.6) is 11.8 Å². The zero-order valence-corrected chi connectivity index (χ0v) is 12.5. The SMILES string of the molecule is COc1cc(OC)nc(C(=O)c2cccc(Br)c2N)n1. The predicted octanol–water partition coefficient (Wildman–Crippen LogP) is 2.07. The second kappa shape index (κ2) is 5.87. The molecule has 0 aliphatic heterocycles. The molecule has 1 aromatic heterocycles.